The smallest absolute Gasteiger partial charge is 0.0454 e. The summed E-state index contributed by atoms with van der Waals surface area (Å²) >= 11 is 0. The Morgan fingerprint density at radius 2 is 1.86 bits per heavy atom. The first kappa shape index (κ1) is 18.8. The zero-order valence-corrected chi connectivity index (χ0v) is 17.7. The van der Waals surface area contributed by atoms with Crippen molar-refractivity contribution in [3.8, 4) is 0 Å². The van der Waals surface area contributed by atoms with Gasteiger partial charge in [0.15, 0.2) is 0 Å². The third-order valence-corrected chi connectivity index (χ3v) is 7.64. The fourth-order valence-corrected chi connectivity index (χ4v) is 5.93. The zero-order valence-electron chi connectivity index (χ0n) is 17.7. The van der Waals surface area contributed by atoms with E-state index in [1.54, 1.807) is 0 Å². The fourth-order valence-electron chi connectivity index (χ4n) is 5.93. The van der Waals surface area contributed by atoms with E-state index in [0.717, 1.165) is 30.8 Å². The Morgan fingerprint density at radius 3 is 2.59 bits per heavy atom. The van der Waals surface area contributed by atoms with Crippen LogP contribution in [0.4, 0.5) is 0 Å². The van der Waals surface area contributed by atoms with Crippen LogP contribution in [-0.2, 0) is 5.41 Å². The molecule has 1 N–H and O–H groups in total. The predicted octanol–water partition coefficient (Wildman–Crippen LogP) is 6.15. The van der Waals surface area contributed by atoms with Gasteiger partial charge in [-0.25, -0.2) is 0 Å². The normalized spacial score (nSPS) is 20.9. The average molecular weight is 385 g/mol. The van der Waals surface area contributed by atoms with Crippen molar-refractivity contribution in [2.24, 2.45) is 0 Å². The molecule has 0 amide bonds. The molecule has 1 aromatic heterocycles. The highest BCUT2D eigenvalue weighted by Gasteiger charge is 2.41. The molecule has 2 nitrogen and oxygen atoms in total. The van der Waals surface area contributed by atoms with Crippen LogP contribution in [0.2, 0.25) is 0 Å². The molecule has 2 aromatic rings. The van der Waals surface area contributed by atoms with Gasteiger partial charge in [-0.2, -0.15) is 0 Å². The largest absolute Gasteiger partial charge is 0.317 e. The molecule has 2 heterocycles. The number of hydrogen-bond donors (Lipinski definition) is 1. The van der Waals surface area contributed by atoms with Crippen LogP contribution in [0, 0.1) is 6.92 Å². The second-order valence-electron chi connectivity index (χ2n) is 9.40. The first-order chi connectivity index (χ1) is 14.1. The van der Waals surface area contributed by atoms with E-state index >= 15 is 0 Å². The highest BCUT2D eigenvalue weighted by Crippen LogP contribution is 2.50. The number of nitrogens with one attached hydrogen (secondary N) is 1. The summed E-state index contributed by atoms with van der Waals surface area (Å²) in [7, 11) is 0. The Balaban J connectivity index is 1.48. The van der Waals surface area contributed by atoms with Gasteiger partial charge in [0, 0.05) is 28.3 Å². The summed E-state index contributed by atoms with van der Waals surface area (Å²) in [5, 5.41) is 3.53. The van der Waals surface area contributed by atoms with Crippen LogP contribution < -0.4 is 5.32 Å². The fraction of sp³-hybridized carbons (Fsp3) is 0.444. The molecule has 0 unspecified atom stereocenters. The molecular formula is C27H32N2. The molecular weight excluding hydrogens is 352 g/mol. The lowest BCUT2D eigenvalue weighted by atomic mass is 9.73. The highest BCUT2D eigenvalue weighted by molar-refractivity contribution is 5.83. The van der Waals surface area contributed by atoms with Crippen molar-refractivity contribution in [2.75, 3.05) is 13.1 Å². The van der Waals surface area contributed by atoms with Gasteiger partial charge in [-0.15, -0.1) is 0 Å². The summed E-state index contributed by atoms with van der Waals surface area (Å²) in [6.45, 7) is 13.2. The Morgan fingerprint density at radius 1 is 1.10 bits per heavy atom. The number of piperidine rings is 1. The van der Waals surface area contributed by atoms with Gasteiger partial charge in [0.2, 0.25) is 0 Å². The molecule has 1 aliphatic heterocycles. The summed E-state index contributed by atoms with van der Waals surface area (Å²) in [4.78, 5) is 4.99. The van der Waals surface area contributed by atoms with Crippen molar-refractivity contribution in [3.63, 3.8) is 0 Å². The SMILES string of the molecule is C=C1CC2(CCNCC2)c2cc(C(=C)c3ccc(C4CCCC4)nc3C)ccc21. The van der Waals surface area contributed by atoms with Crippen molar-refractivity contribution in [1.82, 2.24) is 10.3 Å². The summed E-state index contributed by atoms with van der Waals surface area (Å²) in [6, 6.07) is 11.4. The maximum Gasteiger partial charge on any atom is 0.0454 e. The second-order valence-corrected chi connectivity index (χ2v) is 9.40. The topological polar surface area (TPSA) is 24.9 Å². The third-order valence-electron chi connectivity index (χ3n) is 7.64. The number of benzene rings is 1. The monoisotopic (exact) mass is 384 g/mol. The Bertz CT molecular complexity index is 972. The molecule has 1 spiro atoms. The minimum atomic E-state index is 0.271. The summed E-state index contributed by atoms with van der Waals surface area (Å²) in [5.41, 5.74) is 10.3. The van der Waals surface area contributed by atoms with E-state index in [1.807, 2.05) is 0 Å². The Hall–Kier alpha value is -2.19. The average Bonchev–Trinajstić information content (AvgIpc) is 3.36. The maximum absolute atomic E-state index is 4.99. The van der Waals surface area contributed by atoms with Crippen LogP contribution in [0.25, 0.3) is 11.1 Å². The van der Waals surface area contributed by atoms with Gasteiger partial charge >= 0.3 is 0 Å². The van der Waals surface area contributed by atoms with Gasteiger partial charge in [0.1, 0.15) is 0 Å². The third kappa shape index (κ3) is 3.18. The number of pyridine rings is 1. The van der Waals surface area contributed by atoms with Gasteiger partial charge < -0.3 is 5.32 Å². The molecule has 0 bridgehead atoms. The number of fused-ring (bicyclic) bond motifs is 2. The van der Waals surface area contributed by atoms with E-state index in [0.29, 0.717) is 5.92 Å². The van der Waals surface area contributed by atoms with Crippen LogP contribution in [0.5, 0.6) is 0 Å². The van der Waals surface area contributed by atoms with Gasteiger partial charge in [0.25, 0.3) is 0 Å². The first-order valence-electron chi connectivity index (χ1n) is 11.3. The molecule has 1 saturated carbocycles. The molecule has 2 heteroatoms. The van der Waals surface area contributed by atoms with E-state index < -0.39 is 0 Å². The number of aromatic nitrogens is 1. The number of allylic oxidation sites excluding steroid dienone is 1. The second kappa shape index (κ2) is 7.25. The Labute approximate surface area is 175 Å². The van der Waals surface area contributed by atoms with Crippen molar-refractivity contribution in [2.45, 2.75) is 63.2 Å². The van der Waals surface area contributed by atoms with Crippen LogP contribution in [0.1, 0.15) is 84.5 Å². The Kier molecular flexibility index (Phi) is 4.70. The quantitative estimate of drug-likeness (QED) is 0.687. The van der Waals surface area contributed by atoms with Gasteiger partial charge in [-0.1, -0.05) is 44.2 Å². The van der Waals surface area contributed by atoms with Gasteiger partial charge in [0.05, 0.1) is 0 Å². The zero-order chi connectivity index (χ0) is 20.0. The van der Waals surface area contributed by atoms with Crippen molar-refractivity contribution >= 4 is 11.1 Å². The molecule has 29 heavy (non-hydrogen) atoms. The number of nitrogens with zero attached hydrogens (tertiary/aromatic N) is 1. The molecule has 150 valence electrons. The minimum Gasteiger partial charge on any atom is -0.317 e. The molecule has 1 saturated heterocycles. The standard InChI is InChI=1S/C27H32N2/c1-18-17-27(12-14-28-15-13-27)25-16-22(8-9-23(18)25)19(2)24-10-11-26(29-20(24)3)21-6-4-5-7-21/h8-11,16,21,28H,1-2,4-7,12-15,17H2,3H3. The van der Waals surface area contributed by atoms with Crippen molar-refractivity contribution in [3.05, 3.63) is 77.1 Å². The van der Waals surface area contributed by atoms with Crippen LogP contribution >= 0.6 is 0 Å². The van der Waals surface area contributed by atoms with Crippen LogP contribution in [-0.4, -0.2) is 18.1 Å². The van der Waals surface area contributed by atoms with E-state index in [4.69, 9.17) is 4.98 Å². The molecule has 0 atom stereocenters. The number of rotatable bonds is 3. The van der Waals surface area contributed by atoms with E-state index in [1.165, 1.54) is 72.0 Å². The molecule has 0 radical (unpaired) electrons. The highest BCUT2D eigenvalue weighted by atomic mass is 14.9. The molecule has 1 aromatic carbocycles. The van der Waals surface area contributed by atoms with Crippen molar-refractivity contribution < 1.29 is 0 Å². The molecule has 2 aliphatic carbocycles. The lowest BCUT2D eigenvalue weighted by molar-refractivity contribution is 0.322. The van der Waals surface area contributed by atoms with Gasteiger partial charge in [-0.05, 0) is 92.1 Å². The van der Waals surface area contributed by atoms with Crippen molar-refractivity contribution in [1.29, 1.82) is 0 Å². The summed E-state index contributed by atoms with van der Waals surface area (Å²) < 4.78 is 0. The molecule has 3 aliphatic rings. The lowest BCUT2D eigenvalue weighted by Gasteiger charge is -2.35. The van der Waals surface area contributed by atoms with Gasteiger partial charge in [-0.3, -0.25) is 4.98 Å². The van der Waals surface area contributed by atoms with E-state index in [9.17, 15) is 0 Å². The lowest BCUT2D eigenvalue weighted by Crippen LogP contribution is -2.38. The maximum atomic E-state index is 4.99. The minimum absolute atomic E-state index is 0.271. The predicted molar refractivity (Wildman–Crippen MR) is 122 cm³/mol. The summed E-state index contributed by atoms with van der Waals surface area (Å²) in [5.74, 6) is 0.654. The van der Waals surface area contributed by atoms with Crippen LogP contribution in [0.3, 0.4) is 0 Å². The number of aryl methyl sites for hydroxylation is 1. The first-order valence-corrected chi connectivity index (χ1v) is 11.3. The van der Waals surface area contributed by atoms with Crippen LogP contribution in [0.15, 0.2) is 43.5 Å². The molecule has 2 fully saturated rings. The molecule has 5 rings (SSSR count). The van der Waals surface area contributed by atoms with E-state index in [2.05, 4.69) is 55.7 Å². The summed E-state index contributed by atoms with van der Waals surface area (Å²) in [6.07, 6.45) is 8.78. The number of hydrogen-bond acceptors (Lipinski definition) is 2. The van der Waals surface area contributed by atoms with E-state index in [-0.39, 0.29) is 5.41 Å².